The lowest BCUT2D eigenvalue weighted by Crippen LogP contribution is -2.27. The first-order valence-corrected chi connectivity index (χ1v) is 9.50. The minimum Gasteiger partial charge on any atom is -0.476 e. The van der Waals surface area contributed by atoms with Crippen LogP contribution in [-0.2, 0) is 9.53 Å². The van der Waals surface area contributed by atoms with Crippen molar-refractivity contribution in [1.82, 2.24) is 19.9 Å². The Balaban J connectivity index is 0.000000346. The van der Waals surface area contributed by atoms with E-state index in [0.29, 0.717) is 0 Å². The number of nitrogens with one attached hydrogen (secondary N) is 3. The van der Waals surface area contributed by atoms with Gasteiger partial charge in [-0.25, -0.2) is 28.3 Å². The second-order valence-corrected chi connectivity index (χ2v) is 6.56. The van der Waals surface area contributed by atoms with Gasteiger partial charge in [-0.05, 0) is 0 Å². The predicted molar refractivity (Wildman–Crippen MR) is 122 cm³/mol. The van der Waals surface area contributed by atoms with Gasteiger partial charge in [0.15, 0.2) is 28.8 Å². The van der Waals surface area contributed by atoms with Crippen LogP contribution in [0.5, 0.6) is 0 Å². The zero-order valence-corrected chi connectivity index (χ0v) is 18.3. The van der Waals surface area contributed by atoms with Crippen molar-refractivity contribution >= 4 is 46.7 Å². The van der Waals surface area contributed by atoms with Gasteiger partial charge in [-0.3, -0.25) is 14.6 Å². The third-order valence-corrected chi connectivity index (χ3v) is 3.97. The van der Waals surface area contributed by atoms with Gasteiger partial charge in [-0.15, -0.1) is 0 Å². The monoisotopic (exact) mass is 507 g/mol. The summed E-state index contributed by atoms with van der Waals surface area (Å²) in [6.07, 6.45) is 2.24. The molecule has 190 valence electrons. The minimum absolute atomic E-state index is 0.104. The number of anilines is 5. The van der Waals surface area contributed by atoms with Gasteiger partial charge in [0.1, 0.15) is 5.69 Å². The molecule has 0 unspecified atom stereocenters. The summed E-state index contributed by atoms with van der Waals surface area (Å²) in [5.41, 5.74) is 14.1. The number of H-pyrrole nitrogens is 1. The summed E-state index contributed by atoms with van der Waals surface area (Å²) in [4.78, 5) is 57.6. The number of methoxy groups -OCH3 is 1. The van der Waals surface area contributed by atoms with Crippen molar-refractivity contribution < 1.29 is 33.0 Å². The molecule has 3 heterocycles. The number of nitrogens with two attached hydrogens (primary N) is 3. The van der Waals surface area contributed by atoms with Gasteiger partial charge in [0.25, 0.3) is 5.56 Å². The maximum atomic E-state index is 13.7. The van der Waals surface area contributed by atoms with Gasteiger partial charge < -0.3 is 37.7 Å². The standard InChI is InChI=1S/C13H14FN7O4.C6H5FN2O2/c1-25-12(24)8-6(14)2-5(3-18-8)17-4-7(22)19-9-10(15)20-13(16)21-11(9)23;7-4-1-3(8)2-9-5(4)6(10)11/h2-3,17H,4H2,1H3,(H,19,22)(H5,15,16,20,21,23);1-2H,8H2,(H,10,11). The largest absolute Gasteiger partial charge is 0.476 e. The molecule has 0 aromatic carbocycles. The summed E-state index contributed by atoms with van der Waals surface area (Å²) in [5.74, 6) is -5.25. The number of carboxylic acid groups (broad SMARTS) is 1. The number of rotatable bonds is 6. The van der Waals surface area contributed by atoms with Crippen molar-refractivity contribution in [1.29, 1.82) is 0 Å². The van der Waals surface area contributed by atoms with Crippen LogP contribution >= 0.6 is 0 Å². The zero-order valence-electron chi connectivity index (χ0n) is 18.3. The van der Waals surface area contributed by atoms with E-state index in [9.17, 15) is 28.0 Å². The summed E-state index contributed by atoms with van der Waals surface area (Å²) in [7, 11) is 1.10. The quantitative estimate of drug-likeness (QED) is 0.214. The molecule has 3 aromatic heterocycles. The number of carboxylic acids is 1. The number of esters is 1. The van der Waals surface area contributed by atoms with E-state index >= 15 is 0 Å². The van der Waals surface area contributed by atoms with Crippen LogP contribution in [0.4, 0.5) is 37.6 Å². The summed E-state index contributed by atoms with van der Waals surface area (Å²) < 4.78 is 30.7. The van der Waals surface area contributed by atoms with Crippen molar-refractivity contribution in [2.24, 2.45) is 0 Å². The molecular formula is C19H19F2N9O6. The lowest BCUT2D eigenvalue weighted by Gasteiger charge is -2.09. The van der Waals surface area contributed by atoms with Crippen molar-refractivity contribution in [3.05, 3.63) is 57.9 Å². The number of carbonyl (C=O) groups excluding carboxylic acids is 2. The molecule has 0 aliphatic carbocycles. The number of pyridine rings is 2. The van der Waals surface area contributed by atoms with Gasteiger partial charge in [-0.1, -0.05) is 0 Å². The molecule has 3 rings (SSSR count). The fourth-order valence-electron chi connectivity index (χ4n) is 2.39. The Kier molecular flexibility index (Phi) is 8.73. The fourth-order valence-corrected chi connectivity index (χ4v) is 2.39. The van der Waals surface area contributed by atoms with Crippen LogP contribution in [0.1, 0.15) is 21.0 Å². The van der Waals surface area contributed by atoms with E-state index in [1.165, 1.54) is 0 Å². The Morgan fingerprint density at radius 2 is 1.72 bits per heavy atom. The predicted octanol–water partition coefficient (Wildman–Crippen LogP) is -0.193. The highest BCUT2D eigenvalue weighted by atomic mass is 19.1. The molecule has 10 N–H and O–H groups in total. The molecule has 0 aliphatic heterocycles. The third-order valence-electron chi connectivity index (χ3n) is 3.97. The first-order chi connectivity index (χ1) is 16.9. The summed E-state index contributed by atoms with van der Waals surface area (Å²) in [5, 5.41) is 13.1. The van der Waals surface area contributed by atoms with Crippen molar-refractivity contribution in [3.8, 4) is 0 Å². The molecule has 0 radical (unpaired) electrons. The Morgan fingerprint density at radius 1 is 1.08 bits per heavy atom. The number of nitrogens with zero attached hydrogens (tertiary/aromatic N) is 3. The SMILES string of the molecule is COC(=O)c1ncc(NCC(=O)Nc2c(N)nc(N)[nH]c2=O)cc1F.Nc1cnc(C(=O)O)c(F)c1. The fraction of sp³-hybridized carbons (Fsp3) is 0.105. The Morgan fingerprint density at radius 3 is 2.28 bits per heavy atom. The Bertz CT molecular complexity index is 1370. The van der Waals surface area contributed by atoms with Crippen LogP contribution in [0.2, 0.25) is 0 Å². The van der Waals surface area contributed by atoms with E-state index in [-0.39, 0.29) is 35.4 Å². The molecule has 0 saturated heterocycles. The molecule has 0 fully saturated rings. The molecule has 17 heteroatoms. The Labute approximate surface area is 199 Å². The van der Waals surface area contributed by atoms with Crippen molar-refractivity contribution in [2.45, 2.75) is 0 Å². The average molecular weight is 507 g/mol. The van der Waals surface area contributed by atoms with Gasteiger partial charge in [0, 0.05) is 12.1 Å². The highest BCUT2D eigenvalue weighted by molar-refractivity contribution is 5.95. The second kappa shape index (κ2) is 11.7. The summed E-state index contributed by atoms with van der Waals surface area (Å²) >= 11 is 0. The molecule has 1 amide bonds. The lowest BCUT2D eigenvalue weighted by molar-refractivity contribution is -0.114. The van der Waals surface area contributed by atoms with Crippen LogP contribution in [0.25, 0.3) is 0 Å². The number of hydrogen-bond acceptors (Lipinski definition) is 12. The first-order valence-electron chi connectivity index (χ1n) is 9.50. The van der Waals surface area contributed by atoms with Gasteiger partial charge in [0.05, 0.1) is 37.4 Å². The highest BCUT2D eigenvalue weighted by Crippen LogP contribution is 2.13. The summed E-state index contributed by atoms with van der Waals surface area (Å²) in [6.45, 7) is -0.331. The number of carbonyl (C=O) groups is 3. The topological polar surface area (TPSA) is 254 Å². The number of ether oxygens (including phenoxy) is 1. The normalized spacial score (nSPS) is 9.97. The van der Waals surface area contributed by atoms with E-state index in [4.69, 9.17) is 22.3 Å². The van der Waals surface area contributed by atoms with E-state index in [2.05, 4.69) is 35.3 Å². The van der Waals surface area contributed by atoms with E-state index < -0.39 is 46.4 Å². The maximum absolute atomic E-state index is 13.7. The average Bonchev–Trinajstić information content (AvgIpc) is 2.79. The van der Waals surface area contributed by atoms with E-state index in [0.717, 1.165) is 31.6 Å². The minimum atomic E-state index is -1.40. The van der Waals surface area contributed by atoms with Gasteiger partial charge in [-0.2, -0.15) is 4.98 Å². The van der Waals surface area contributed by atoms with Crippen LogP contribution in [0.3, 0.4) is 0 Å². The molecular weight excluding hydrogens is 488 g/mol. The lowest BCUT2D eigenvalue weighted by atomic mass is 10.3. The maximum Gasteiger partial charge on any atom is 0.359 e. The molecule has 0 spiro atoms. The van der Waals surface area contributed by atoms with Crippen molar-refractivity contribution in [2.75, 3.05) is 41.5 Å². The van der Waals surface area contributed by atoms with Gasteiger partial charge in [0.2, 0.25) is 11.9 Å². The van der Waals surface area contributed by atoms with E-state index in [1.807, 2.05) is 0 Å². The molecule has 0 bridgehead atoms. The number of hydrogen-bond donors (Lipinski definition) is 7. The van der Waals surface area contributed by atoms with Crippen molar-refractivity contribution in [3.63, 3.8) is 0 Å². The van der Waals surface area contributed by atoms with Crippen LogP contribution < -0.4 is 33.4 Å². The summed E-state index contributed by atoms with van der Waals surface area (Å²) in [6, 6.07) is 1.88. The molecule has 0 aliphatic rings. The number of nitrogen functional groups attached to an aromatic ring is 3. The van der Waals surface area contributed by atoms with Gasteiger partial charge >= 0.3 is 11.9 Å². The molecule has 36 heavy (non-hydrogen) atoms. The van der Waals surface area contributed by atoms with Crippen LogP contribution in [0, 0.1) is 11.6 Å². The molecule has 0 atom stereocenters. The number of halogens is 2. The number of aromatic amines is 1. The van der Waals surface area contributed by atoms with E-state index in [1.54, 1.807) is 0 Å². The zero-order chi connectivity index (χ0) is 27.0. The Hall–Kier alpha value is -5.35. The molecule has 0 saturated carbocycles. The molecule has 3 aromatic rings. The second-order valence-electron chi connectivity index (χ2n) is 6.56. The third kappa shape index (κ3) is 7.07. The number of aromatic carboxylic acids is 1. The van der Waals surface area contributed by atoms with Crippen LogP contribution in [-0.4, -0.2) is 56.5 Å². The van der Waals surface area contributed by atoms with Crippen LogP contribution in [0.15, 0.2) is 29.3 Å². The number of aromatic nitrogens is 4. The number of amides is 1. The molecule has 15 nitrogen and oxygen atoms in total. The first kappa shape index (κ1) is 26.9. The highest BCUT2D eigenvalue weighted by Gasteiger charge is 2.15. The smallest absolute Gasteiger partial charge is 0.359 e.